The highest BCUT2D eigenvalue weighted by atomic mass is 35.5. The summed E-state index contributed by atoms with van der Waals surface area (Å²) in [6.07, 6.45) is 4.37. The number of H-pyrrole nitrogens is 1. The first-order chi connectivity index (χ1) is 20.0. The first-order valence-electron chi connectivity index (χ1n) is 13.4. The van der Waals surface area contributed by atoms with Gasteiger partial charge in [-0.1, -0.05) is 28.9 Å². The third-order valence-corrected chi connectivity index (χ3v) is 8.69. The van der Waals surface area contributed by atoms with Crippen LogP contribution in [0.25, 0.3) is 11.4 Å². The molecule has 2 aliphatic rings. The number of piperidine rings is 1. The van der Waals surface area contributed by atoms with Crippen molar-refractivity contribution in [3.05, 3.63) is 92.4 Å². The van der Waals surface area contributed by atoms with Crippen molar-refractivity contribution in [1.29, 1.82) is 0 Å². The number of ether oxygens (including phenoxy) is 2. The van der Waals surface area contributed by atoms with Crippen LogP contribution >= 0.6 is 11.6 Å². The van der Waals surface area contributed by atoms with Gasteiger partial charge in [0.1, 0.15) is 5.82 Å². The summed E-state index contributed by atoms with van der Waals surface area (Å²) < 4.78 is 56.1. The molecule has 1 atom stereocenters. The van der Waals surface area contributed by atoms with Crippen LogP contribution in [0.1, 0.15) is 48.1 Å². The highest BCUT2D eigenvalue weighted by Crippen LogP contribution is 2.49. The molecule has 0 spiro atoms. The van der Waals surface area contributed by atoms with Crippen molar-refractivity contribution in [1.82, 2.24) is 20.0 Å². The van der Waals surface area contributed by atoms with Crippen LogP contribution < -0.4 is 15.2 Å². The average molecular weight is 615 g/mol. The smallest absolute Gasteiger partial charge is 0.439 e. The number of pyridine rings is 1. The summed E-state index contributed by atoms with van der Waals surface area (Å²) in [6, 6.07) is 11.9. The summed E-state index contributed by atoms with van der Waals surface area (Å²) in [5.41, 5.74) is 2.93. The van der Waals surface area contributed by atoms with Crippen LogP contribution in [0.4, 0.5) is 4.39 Å². The molecule has 42 heavy (non-hydrogen) atoms. The molecule has 1 fully saturated rings. The highest BCUT2D eigenvalue weighted by molar-refractivity contribution is 7.89. The van der Waals surface area contributed by atoms with Crippen LogP contribution in [-0.2, 0) is 27.9 Å². The maximum Gasteiger partial charge on any atom is 0.439 e. The number of nitrogens with one attached hydrogen (secondary N) is 1. The standard InChI is InChI=1S/C29H28ClFN4O6S/c1-29(22-7-6-20(30)13-23(22)31)39-25-5-3-4-21(26(25)40-29)17-8-10-35(11-9-17)15-24-19(16-42(2,37)38)12-18(14-32-24)27-33-28(36)41-34-27/h3-7,12-14,17H,8-11,15-16H2,1-2H3,(H,33,34,36)/t29-/m0/s1. The van der Waals surface area contributed by atoms with Crippen molar-refractivity contribution in [2.24, 2.45) is 0 Å². The summed E-state index contributed by atoms with van der Waals surface area (Å²) >= 11 is 5.94. The summed E-state index contributed by atoms with van der Waals surface area (Å²) in [6.45, 7) is 3.65. The van der Waals surface area contributed by atoms with Crippen molar-refractivity contribution >= 4 is 21.4 Å². The minimum Gasteiger partial charge on any atom is -0.444 e. The second kappa shape index (κ2) is 10.8. The molecule has 2 aromatic heterocycles. The molecule has 4 aromatic rings. The lowest BCUT2D eigenvalue weighted by Gasteiger charge is -2.33. The molecule has 220 valence electrons. The third-order valence-electron chi connectivity index (χ3n) is 7.62. The van der Waals surface area contributed by atoms with Crippen molar-refractivity contribution in [2.75, 3.05) is 19.3 Å². The molecule has 10 nitrogen and oxygen atoms in total. The second-order valence-electron chi connectivity index (χ2n) is 10.8. The number of aromatic amines is 1. The normalized spacial score (nSPS) is 19.3. The van der Waals surface area contributed by atoms with Crippen molar-refractivity contribution in [2.45, 2.75) is 43.8 Å². The number of aromatic nitrogens is 3. The number of halogens is 2. The molecule has 0 bridgehead atoms. The Bertz CT molecular complexity index is 1820. The number of hydrogen-bond acceptors (Lipinski definition) is 9. The topological polar surface area (TPSA) is 128 Å². The zero-order chi connectivity index (χ0) is 29.6. The maximum absolute atomic E-state index is 14.8. The number of likely N-dealkylation sites (tertiary alicyclic amines) is 1. The fourth-order valence-electron chi connectivity index (χ4n) is 5.62. The predicted molar refractivity (Wildman–Crippen MR) is 153 cm³/mol. The van der Waals surface area contributed by atoms with Gasteiger partial charge in [0.2, 0.25) is 0 Å². The van der Waals surface area contributed by atoms with E-state index in [1.807, 2.05) is 18.2 Å². The molecule has 1 saturated heterocycles. The molecular formula is C29H28ClFN4O6S. The molecule has 2 aromatic carbocycles. The van der Waals surface area contributed by atoms with E-state index < -0.39 is 27.2 Å². The van der Waals surface area contributed by atoms with Gasteiger partial charge in [-0.2, -0.15) is 0 Å². The first kappa shape index (κ1) is 28.4. The SMILES string of the molecule is C[C@]1(c2ccc(Cl)cc2F)Oc2cccc(C3CCN(Cc4ncc(-c5noc(=O)[nH]5)cc4CS(C)(=O)=O)CC3)c2O1. The van der Waals surface area contributed by atoms with Crippen LogP contribution in [0.3, 0.4) is 0 Å². The number of rotatable bonds is 7. The molecule has 13 heteroatoms. The van der Waals surface area contributed by atoms with Gasteiger partial charge in [0.05, 0.1) is 17.0 Å². The van der Waals surface area contributed by atoms with Crippen LogP contribution in [0, 0.1) is 5.82 Å². The van der Waals surface area contributed by atoms with E-state index in [1.54, 1.807) is 31.3 Å². The number of benzene rings is 2. The molecule has 0 saturated carbocycles. The molecule has 2 aliphatic heterocycles. The monoisotopic (exact) mass is 614 g/mol. The minimum absolute atomic E-state index is 0.186. The number of para-hydroxylation sites is 1. The van der Waals surface area contributed by atoms with E-state index >= 15 is 0 Å². The Morgan fingerprint density at radius 3 is 2.64 bits per heavy atom. The van der Waals surface area contributed by atoms with Crippen molar-refractivity contribution < 1.29 is 26.8 Å². The van der Waals surface area contributed by atoms with Gasteiger partial charge in [0, 0.05) is 42.1 Å². The number of fused-ring (bicyclic) bond motifs is 1. The Kier molecular flexibility index (Phi) is 7.32. The van der Waals surface area contributed by atoms with Crippen LogP contribution in [0.15, 0.2) is 58.0 Å². The molecule has 4 heterocycles. The summed E-state index contributed by atoms with van der Waals surface area (Å²) in [5.74, 6) is -1.16. The van der Waals surface area contributed by atoms with Gasteiger partial charge in [-0.25, -0.2) is 17.6 Å². The highest BCUT2D eigenvalue weighted by Gasteiger charge is 2.43. The predicted octanol–water partition coefficient (Wildman–Crippen LogP) is 4.79. The van der Waals surface area contributed by atoms with E-state index in [0.717, 1.165) is 31.5 Å². The number of sulfone groups is 1. The van der Waals surface area contributed by atoms with Crippen molar-refractivity contribution in [3.63, 3.8) is 0 Å². The van der Waals surface area contributed by atoms with Crippen molar-refractivity contribution in [3.8, 4) is 22.9 Å². The Morgan fingerprint density at radius 2 is 1.95 bits per heavy atom. The number of nitrogens with zero attached hydrogens (tertiary/aromatic N) is 3. The van der Waals surface area contributed by atoms with Crippen LogP contribution in [0.2, 0.25) is 5.02 Å². The van der Waals surface area contributed by atoms with Crippen LogP contribution in [-0.4, -0.2) is 47.8 Å². The Balaban J connectivity index is 1.17. The van der Waals surface area contributed by atoms with Crippen LogP contribution in [0.5, 0.6) is 11.5 Å². The molecule has 0 radical (unpaired) electrons. The summed E-state index contributed by atoms with van der Waals surface area (Å²) in [7, 11) is -3.35. The lowest BCUT2D eigenvalue weighted by Crippen LogP contribution is -2.34. The largest absolute Gasteiger partial charge is 0.444 e. The molecule has 0 unspecified atom stereocenters. The summed E-state index contributed by atoms with van der Waals surface area (Å²) in [5, 5.41) is 3.97. The fraction of sp³-hybridized carbons (Fsp3) is 0.345. The lowest BCUT2D eigenvalue weighted by atomic mass is 9.88. The van der Waals surface area contributed by atoms with Gasteiger partial charge < -0.3 is 9.47 Å². The quantitative estimate of drug-likeness (QED) is 0.313. The molecule has 1 N–H and O–H groups in total. The van der Waals surface area contributed by atoms with E-state index in [9.17, 15) is 17.6 Å². The molecule has 6 rings (SSSR count). The van der Waals surface area contributed by atoms with Gasteiger partial charge in [-0.15, -0.1) is 0 Å². The fourth-order valence-corrected chi connectivity index (χ4v) is 6.60. The Morgan fingerprint density at radius 1 is 1.17 bits per heavy atom. The van der Waals surface area contributed by atoms with Gasteiger partial charge in [-0.05, 0) is 67.7 Å². The minimum atomic E-state index is -3.35. The molecular weight excluding hydrogens is 587 g/mol. The maximum atomic E-state index is 14.8. The second-order valence-corrected chi connectivity index (χ2v) is 13.4. The molecule has 0 amide bonds. The van der Waals surface area contributed by atoms with E-state index in [-0.39, 0.29) is 23.1 Å². The number of hydrogen-bond donors (Lipinski definition) is 1. The Labute approximate surface area is 246 Å². The first-order valence-corrected chi connectivity index (χ1v) is 15.8. The van der Waals surface area contributed by atoms with Gasteiger partial charge in [0.15, 0.2) is 27.2 Å². The average Bonchev–Trinajstić information content (AvgIpc) is 3.52. The van der Waals surface area contributed by atoms with E-state index in [2.05, 4.69) is 24.5 Å². The van der Waals surface area contributed by atoms with Gasteiger partial charge in [-0.3, -0.25) is 19.4 Å². The summed E-state index contributed by atoms with van der Waals surface area (Å²) in [4.78, 5) is 20.6. The van der Waals surface area contributed by atoms with Gasteiger partial charge >= 0.3 is 5.76 Å². The van der Waals surface area contributed by atoms with E-state index in [4.69, 9.17) is 21.1 Å². The van der Waals surface area contributed by atoms with Gasteiger partial charge in [0.25, 0.3) is 5.79 Å². The Hall–Kier alpha value is -3.74. The molecule has 0 aliphatic carbocycles. The zero-order valence-electron chi connectivity index (χ0n) is 22.9. The zero-order valence-corrected chi connectivity index (χ0v) is 24.5. The van der Waals surface area contributed by atoms with E-state index in [1.165, 1.54) is 12.3 Å². The van der Waals surface area contributed by atoms with E-state index in [0.29, 0.717) is 39.9 Å². The lowest BCUT2D eigenvalue weighted by molar-refractivity contribution is -0.0712. The third kappa shape index (κ3) is 5.79.